The number of aryl methyl sites for hydroxylation is 1. The third kappa shape index (κ3) is 7.05. The summed E-state index contributed by atoms with van der Waals surface area (Å²) >= 11 is 6.29. The number of fused-ring (bicyclic) bond motifs is 1. The van der Waals surface area contributed by atoms with Crippen LogP contribution in [-0.2, 0) is 21.4 Å². The lowest BCUT2D eigenvalue weighted by atomic mass is 10.1. The minimum absolute atomic E-state index is 0.0662. The van der Waals surface area contributed by atoms with Gasteiger partial charge in [-0.05, 0) is 89.8 Å². The molecule has 0 radical (unpaired) electrons. The molecule has 43 heavy (non-hydrogen) atoms. The van der Waals surface area contributed by atoms with E-state index >= 15 is 0 Å². The number of hydrazone groups is 1. The number of ether oxygens (including phenoxy) is 1. The predicted octanol–water partition coefficient (Wildman–Crippen LogP) is 7.03. The Labute approximate surface area is 256 Å². The number of rotatable bonds is 10. The van der Waals surface area contributed by atoms with Crippen molar-refractivity contribution >= 4 is 50.2 Å². The third-order valence-corrected chi connectivity index (χ3v) is 9.14. The number of amides is 1. The first kappa shape index (κ1) is 29.8. The molecular weight excluding hydrogens is 582 g/mol. The summed E-state index contributed by atoms with van der Waals surface area (Å²) in [5.74, 6) is 0.0873. The molecule has 1 N–H and O–H groups in total. The van der Waals surface area contributed by atoms with E-state index in [-0.39, 0.29) is 4.90 Å². The summed E-state index contributed by atoms with van der Waals surface area (Å²) in [6.45, 7) is 3.52. The summed E-state index contributed by atoms with van der Waals surface area (Å²) in [5.41, 5.74) is 6.03. The Morgan fingerprint density at radius 1 is 0.884 bits per heavy atom. The first-order chi connectivity index (χ1) is 20.7. The Bertz CT molecular complexity index is 1890. The molecule has 0 unspecified atom stereocenters. The van der Waals surface area contributed by atoms with Crippen molar-refractivity contribution in [3.63, 3.8) is 0 Å². The van der Waals surface area contributed by atoms with Crippen LogP contribution in [0.2, 0.25) is 5.02 Å². The van der Waals surface area contributed by atoms with E-state index in [1.54, 1.807) is 37.3 Å². The zero-order valence-electron chi connectivity index (χ0n) is 23.7. The summed E-state index contributed by atoms with van der Waals surface area (Å²) in [6, 6.07) is 33.0. The second-order valence-corrected chi connectivity index (χ2v) is 12.3. The molecule has 0 aromatic heterocycles. The number of nitrogens with zero attached hydrogens (tertiary/aromatic N) is 2. The van der Waals surface area contributed by atoms with Crippen molar-refractivity contribution in [1.82, 2.24) is 5.43 Å². The normalized spacial score (nSPS) is 11.5. The number of anilines is 1. The van der Waals surface area contributed by atoms with Gasteiger partial charge in [0.05, 0.1) is 16.8 Å². The predicted molar refractivity (Wildman–Crippen MR) is 172 cm³/mol. The number of carbonyl (C=O) groups is 1. The lowest BCUT2D eigenvalue weighted by molar-refractivity contribution is -0.119. The van der Waals surface area contributed by atoms with Gasteiger partial charge in [0.15, 0.2) is 0 Å². The Hall–Kier alpha value is -4.66. The standard InChI is InChI=1S/C34H30ClN3O4S/c1-24-13-19-30(20-14-24)43(40,41)38(33-12-6-11-32(35)25(33)2)22-34(39)37-36-21-26-15-17-29(18-16-26)42-23-28-9-5-8-27-7-3-4-10-31(27)28/h3-21H,22-23H2,1-2H3,(H,37,39)/b36-21-. The number of hydrogen-bond donors (Lipinski definition) is 1. The van der Waals surface area contributed by atoms with Crippen molar-refractivity contribution in [1.29, 1.82) is 0 Å². The molecule has 5 aromatic rings. The lowest BCUT2D eigenvalue weighted by Gasteiger charge is -2.25. The van der Waals surface area contributed by atoms with E-state index in [0.717, 1.165) is 31.8 Å². The van der Waals surface area contributed by atoms with Crippen molar-refractivity contribution < 1.29 is 17.9 Å². The van der Waals surface area contributed by atoms with E-state index in [4.69, 9.17) is 16.3 Å². The molecule has 0 fully saturated rings. The van der Waals surface area contributed by atoms with E-state index in [1.807, 2.05) is 55.5 Å². The summed E-state index contributed by atoms with van der Waals surface area (Å²) in [4.78, 5) is 13.0. The van der Waals surface area contributed by atoms with Gasteiger partial charge in [-0.1, -0.05) is 77.8 Å². The molecule has 5 rings (SSSR count). The van der Waals surface area contributed by atoms with E-state index in [0.29, 0.717) is 28.6 Å². The Morgan fingerprint density at radius 2 is 1.58 bits per heavy atom. The van der Waals surface area contributed by atoms with Gasteiger partial charge >= 0.3 is 0 Å². The molecular formula is C34H30ClN3O4S. The van der Waals surface area contributed by atoms with Crippen LogP contribution < -0.4 is 14.5 Å². The molecule has 0 heterocycles. The fourth-order valence-corrected chi connectivity index (χ4v) is 6.23. The highest BCUT2D eigenvalue weighted by molar-refractivity contribution is 7.92. The average Bonchev–Trinajstić information content (AvgIpc) is 3.01. The van der Waals surface area contributed by atoms with Crippen LogP contribution in [0.4, 0.5) is 5.69 Å². The number of halogens is 1. The van der Waals surface area contributed by atoms with E-state index in [9.17, 15) is 13.2 Å². The second-order valence-electron chi connectivity index (χ2n) is 10.00. The van der Waals surface area contributed by atoms with Crippen molar-refractivity contribution in [2.45, 2.75) is 25.3 Å². The minimum atomic E-state index is -4.08. The largest absolute Gasteiger partial charge is 0.489 e. The van der Waals surface area contributed by atoms with E-state index < -0.39 is 22.5 Å². The highest BCUT2D eigenvalue weighted by atomic mass is 35.5. The summed E-state index contributed by atoms with van der Waals surface area (Å²) in [7, 11) is -4.08. The van der Waals surface area contributed by atoms with Gasteiger partial charge in [-0.3, -0.25) is 9.10 Å². The van der Waals surface area contributed by atoms with E-state index in [2.05, 4.69) is 28.7 Å². The fraction of sp³-hybridized carbons (Fsp3) is 0.118. The maximum absolute atomic E-state index is 13.6. The summed E-state index contributed by atoms with van der Waals surface area (Å²) < 4.78 is 34.3. The molecule has 0 aliphatic rings. The van der Waals surface area contributed by atoms with Crippen LogP contribution in [0.5, 0.6) is 5.75 Å². The number of hydrogen-bond acceptors (Lipinski definition) is 5. The van der Waals surface area contributed by atoms with Gasteiger partial charge in [-0.2, -0.15) is 5.10 Å². The van der Waals surface area contributed by atoms with Gasteiger partial charge in [0.2, 0.25) is 0 Å². The molecule has 0 aliphatic heterocycles. The number of carbonyl (C=O) groups excluding carboxylic acids is 1. The molecule has 9 heteroatoms. The zero-order valence-corrected chi connectivity index (χ0v) is 25.3. The van der Waals surface area contributed by atoms with Crippen LogP contribution in [0.1, 0.15) is 22.3 Å². The number of sulfonamides is 1. The van der Waals surface area contributed by atoms with Gasteiger partial charge in [-0.15, -0.1) is 0 Å². The minimum Gasteiger partial charge on any atom is -0.489 e. The molecule has 1 amide bonds. The van der Waals surface area contributed by atoms with Crippen LogP contribution >= 0.6 is 11.6 Å². The van der Waals surface area contributed by atoms with Crippen LogP contribution in [-0.4, -0.2) is 27.1 Å². The summed E-state index contributed by atoms with van der Waals surface area (Å²) in [5, 5.41) is 6.75. The molecule has 0 bridgehead atoms. The average molecular weight is 612 g/mol. The molecule has 5 aromatic carbocycles. The Kier molecular flexibility index (Phi) is 9.09. The van der Waals surface area contributed by atoms with Gasteiger partial charge in [0.1, 0.15) is 18.9 Å². The molecule has 0 spiro atoms. The molecule has 0 atom stereocenters. The molecule has 218 valence electrons. The quantitative estimate of drug-likeness (QED) is 0.136. The SMILES string of the molecule is Cc1ccc(S(=O)(=O)N(CC(=O)N/N=C\c2ccc(OCc3cccc4ccccc34)cc2)c2cccc(Cl)c2C)cc1. The van der Waals surface area contributed by atoms with Crippen molar-refractivity contribution in [2.24, 2.45) is 5.10 Å². The van der Waals surface area contributed by atoms with Gasteiger partial charge in [0, 0.05) is 5.02 Å². The lowest BCUT2D eigenvalue weighted by Crippen LogP contribution is -2.40. The Morgan fingerprint density at radius 3 is 2.35 bits per heavy atom. The van der Waals surface area contributed by atoms with Crippen molar-refractivity contribution in [2.75, 3.05) is 10.8 Å². The van der Waals surface area contributed by atoms with Crippen LogP contribution in [0.15, 0.2) is 119 Å². The first-order valence-electron chi connectivity index (χ1n) is 13.6. The van der Waals surface area contributed by atoms with Gasteiger partial charge in [-0.25, -0.2) is 13.8 Å². The molecule has 0 saturated carbocycles. The first-order valence-corrected chi connectivity index (χ1v) is 15.4. The van der Waals surface area contributed by atoms with Crippen LogP contribution in [0.3, 0.4) is 0 Å². The summed E-state index contributed by atoms with van der Waals surface area (Å²) in [6.07, 6.45) is 1.48. The zero-order chi connectivity index (χ0) is 30.4. The highest BCUT2D eigenvalue weighted by Crippen LogP contribution is 2.31. The van der Waals surface area contributed by atoms with Crippen molar-refractivity contribution in [3.8, 4) is 5.75 Å². The molecule has 0 aliphatic carbocycles. The Balaban J connectivity index is 1.25. The highest BCUT2D eigenvalue weighted by Gasteiger charge is 2.28. The van der Waals surface area contributed by atoms with Gasteiger partial charge in [0.25, 0.3) is 15.9 Å². The van der Waals surface area contributed by atoms with Crippen LogP contribution in [0, 0.1) is 13.8 Å². The number of nitrogens with one attached hydrogen (secondary N) is 1. The topological polar surface area (TPSA) is 88.1 Å². The third-order valence-electron chi connectivity index (χ3n) is 6.96. The number of benzene rings is 5. The van der Waals surface area contributed by atoms with Crippen LogP contribution in [0.25, 0.3) is 10.8 Å². The van der Waals surface area contributed by atoms with E-state index in [1.165, 1.54) is 18.3 Å². The maximum atomic E-state index is 13.6. The second kappa shape index (κ2) is 13.1. The van der Waals surface area contributed by atoms with Gasteiger partial charge < -0.3 is 4.74 Å². The van der Waals surface area contributed by atoms with Crippen molar-refractivity contribution in [3.05, 3.63) is 136 Å². The smallest absolute Gasteiger partial charge is 0.264 e. The fourth-order valence-electron chi connectivity index (χ4n) is 4.58. The monoisotopic (exact) mass is 611 g/mol. The molecule has 7 nitrogen and oxygen atoms in total. The molecule has 0 saturated heterocycles. The maximum Gasteiger partial charge on any atom is 0.264 e.